The molecule has 0 amide bonds. The number of nitrogens with two attached hydrogens (primary N) is 1. The predicted octanol–water partition coefficient (Wildman–Crippen LogP) is 2.42. The van der Waals surface area contributed by atoms with E-state index in [9.17, 15) is 13.2 Å². The lowest BCUT2D eigenvalue weighted by molar-refractivity contribution is -0.174. The number of ether oxygens (including phenoxy) is 1. The molecular formula is C11H18ClF3N4O. The van der Waals surface area contributed by atoms with Gasteiger partial charge in [0.2, 0.25) is 0 Å². The first-order valence-corrected chi connectivity index (χ1v) is 6.58. The molecule has 1 unspecified atom stereocenters. The molecule has 1 atom stereocenters. The van der Waals surface area contributed by atoms with Gasteiger partial charge in [0, 0.05) is 13.2 Å². The van der Waals surface area contributed by atoms with Crippen LogP contribution in [0.5, 0.6) is 0 Å². The summed E-state index contributed by atoms with van der Waals surface area (Å²) in [6, 6.07) is -0.412. The van der Waals surface area contributed by atoms with Crippen molar-refractivity contribution in [1.82, 2.24) is 15.2 Å². The molecule has 5 nitrogen and oxygen atoms in total. The molecule has 0 saturated heterocycles. The Hall–Kier alpha value is -0.830. The van der Waals surface area contributed by atoms with Crippen LogP contribution >= 0.6 is 11.6 Å². The molecule has 0 fully saturated rings. The number of halogens is 4. The Morgan fingerprint density at radius 1 is 1.55 bits per heavy atom. The van der Waals surface area contributed by atoms with Gasteiger partial charge < -0.3 is 4.74 Å². The van der Waals surface area contributed by atoms with Gasteiger partial charge in [-0.3, -0.25) is 16.0 Å². The van der Waals surface area contributed by atoms with Gasteiger partial charge in [-0.1, -0.05) is 18.5 Å². The SMILES string of the molecule is CCCn1ncc(Cl)c1C(CCOCC(F)(F)F)NN. The van der Waals surface area contributed by atoms with E-state index in [1.807, 2.05) is 6.92 Å². The highest BCUT2D eigenvalue weighted by atomic mass is 35.5. The molecule has 0 bridgehead atoms. The average molecular weight is 315 g/mol. The van der Waals surface area contributed by atoms with E-state index in [0.717, 1.165) is 6.42 Å². The molecule has 0 spiro atoms. The smallest absolute Gasteiger partial charge is 0.372 e. The topological polar surface area (TPSA) is 65.1 Å². The van der Waals surface area contributed by atoms with Crippen molar-refractivity contribution in [2.75, 3.05) is 13.2 Å². The summed E-state index contributed by atoms with van der Waals surface area (Å²) in [5, 5.41) is 4.54. The third kappa shape index (κ3) is 5.28. The van der Waals surface area contributed by atoms with Crippen LogP contribution in [0.4, 0.5) is 13.2 Å². The molecule has 0 aromatic carbocycles. The third-order valence-corrected chi connectivity index (χ3v) is 2.91. The monoisotopic (exact) mass is 314 g/mol. The van der Waals surface area contributed by atoms with Gasteiger partial charge >= 0.3 is 6.18 Å². The average Bonchev–Trinajstić information content (AvgIpc) is 2.71. The zero-order valence-electron chi connectivity index (χ0n) is 11.1. The van der Waals surface area contributed by atoms with Gasteiger partial charge in [-0.05, 0) is 12.8 Å². The first-order valence-electron chi connectivity index (χ1n) is 6.20. The van der Waals surface area contributed by atoms with Crippen LogP contribution < -0.4 is 11.3 Å². The second kappa shape index (κ2) is 7.82. The maximum atomic E-state index is 12.0. The van der Waals surface area contributed by atoms with Crippen LogP contribution in [0.15, 0.2) is 6.20 Å². The minimum absolute atomic E-state index is 0.0813. The maximum Gasteiger partial charge on any atom is 0.411 e. The van der Waals surface area contributed by atoms with E-state index in [1.54, 1.807) is 4.68 Å². The molecule has 20 heavy (non-hydrogen) atoms. The van der Waals surface area contributed by atoms with Gasteiger partial charge in [0.1, 0.15) is 6.61 Å². The van der Waals surface area contributed by atoms with Gasteiger partial charge in [-0.2, -0.15) is 18.3 Å². The van der Waals surface area contributed by atoms with Crippen LogP contribution in [-0.4, -0.2) is 29.2 Å². The van der Waals surface area contributed by atoms with Crippen molar-refractivity contribution in [2.24, 2.45) is 5.84 Å². The van der Waals surface area contributed by atoms with E-state index >= 15 is 0 Å². The number of alkyl halides is 3. The number of aryl methyl sites for hydroxylation is 1. The van der Waals surface area contributed by atoms with Crippen molar-refractivity contribution < 1.29 is 17.9 Å². The van der Waals surface area contributed by atoms with E-state index in [-0.39, 0.29) is 13.0 Å². The molecule has 0 aliphatic rings. The molecule has 1 aromatic rings. The number of rotatable bonds is 8. The molecule has 0 aliphatic carbocycles. The Morgan fingerprint density at radius 2 is 2.25 bits per heavy atom. The van der Waals surface area contributed by atoms with Gasteiger partial charge in [0.05, 0.1) is 23.0 Å². The number of nitrogens with one attached hydrogen (secondary N) is 1. The number of hydrogen-bond donors (Lipinski definition) is 2. The zero-order chi connectivity index (χ0) is 15.2. The van der Waals surface area contributed by atoms with Gasteiger partial charge in [-0.25, -0.2) is 0 Å². The number of nitrogens with zero attached hydrogens (tertiary/aromatic N) is 2. The maximum absolute atomic E-state index is 12.0. The summed E-state index contributed by atoms with van der Waals surface area (Å²) in [5.41, 5.74) is 3.19. The highest BCUT2D eigenvalue weighted by Gasteiger charge is 2.27. The third-order valence-electron chi connectivity index (χ3n) is 2.62. The molecule has 3 N–H and O–H groups in total. The summed E-state index contributed by atoms with van der Waals surface area (Å²) in [4.78, 5) is 0. The van der Waals surface area contributed by atoms with Crippen molar-refractivity contribution in [3.63, 3.8) is 0 Å². The van der Waals surface area contributed by atoms with Crippen LogP contribution in [0, 0.1) is 0 Å². The van der Waals surface area contributed by atoms with E-state index in [4.69, 9.17) is 17.4 Å². The quantitative estimate of drug-likeness (QED) is 0.439. The van der Waals surface area contributed by atoms with Gasteiger partial charge in [-0.15, -0.1) is 0 Å². The molecular weight excluding hydrogens is 297 g/mol. The molecule has 1 rings (SSSR count). The molecule has 0 saturated carbocycles. The minimum Gasteiger partial charge on any atom is -0.372 e. The lowest BCUT2D eigenvalue weighted by Crippen LogP contribution is -2.31. The highest BCUT2D eigenvalue weighted by Crippen LogP contribution is 2.25. The van der Waals surface area contributed by atoms with Crippen LogP contribution in [-0.2, 0) is 11.3 Å². The zero-order valence-corrected chi connectivity index (χ0v) is 11.8. The number of hydrogen-bond acceptors (Lipinski definition) is 4. The molecule has 1 heterocycles. The fourth-order valence-electron chi connectivity index (χ4n) is 1.80. The van der Waals surface area contributed by atoms with Crippen molar-refractivity contribution in [3.8, 4) is 0 Å². The van der Waals surface area contributed by atoms with Crippen LogP contribution in [0.3, 0.4) is 0 Å². The van der Waals surface area contributed by atoms with Crippen molar-refractivity contribution in [1.29, 1.82) is 0 Å². The minimum atomic E-state index is -4.33. The van der Waals surface area contributed by atoms with Crippen molar-refractivity contribution in [3.05, 3.63) is 16.9 Å². The van der Waals surface area contributed by atoms with Crippen LogP contribution in [0.1, 0.15) is 31.5 Å². The molecule has 0 radical (unpaired) electrons. The first-order chi connectivity index (χ1) is 9.39. The number of aromatic nitrogens is 2. The predicted molar refractivity (Wildman–Crippen MR) is 69.1 cm³/mol. The summed E-state index contributed by atoms with van der Waals surface area (Å²) in [6.45, 7) is 1.29. The van der Waals surface area contributed by atoms with Crippen LogP contribution in [0.25, 0.3) is 0 Å². The van der Waals surface area contributed by atoms with Gasteiger partial charge in [0.25, 0.3) is 0 Å². The second-order valence-corrected chi connectivity index (χ2v) is 4.68. The Balaban J connectivity index is 2.60. The van der Waals surface area contributed by atoms with Crippen LogP contribution in [0.2, 0.25) is 5.02 Å². The van der Waals surface area contributed by atoms with Crippen molar-refractivity contribution >= 4 is 11.6 Å². The fourth-order valence-corrected chi connectivity index (χ4v) is 2.07. The fraction of sp³-hybridized carbons (Fsp3) is 0.727. The second-order valence-electron chi connectivity index (χ2n) is 4.28. The van der Waals surface area contributed by atoms with Gasteiger partial charge in [0.15, 0.2) is 0 Å². The largest absolute Gasteiger partial charge is 0.411 e. The number of hydrazine groups is 1. The summed E-state index contributed by atoms with van der Waals surface area (Å²) in [6.07, 6.45) is -1.71. The summed E-state index contributed by atoms with van der Waals surface area (Å²) >= 11 is 6.04. The summed E-state index contributed by atoms with van der Waals surface area (Å²) in [7, 11) is 0. The summed E-state index contributed by atoms with van der Waals surface area (Å²) in [5.74, 6) is 5.44. The molecule has 116 valence electrons. The normalized spacial score (nSPS) is 13.7. The lowest BCUT2D eigenvalue weighted by atomic mass is 10.1. The molecule has 1 aromatic heterocycles. The Morgan fingerprint density at radius 3 is 2.80 bits per heavy atom. The lowest BCUT2D eigenvalue weighted by Gasteiger charge is -2.18. The summed E-state index contributed by atoms with van der Waals surface area (Å²) < 4.78 is 42.2. The Kier molecular flexibility index (Phi) is 6.74. The van der Waals surface area contributed by atoms with Crippen molar-refractivity contribution in [2.45, 2.75) is 38.5 Å². The standard InChI is InChI=1S/C11H18ClF3N4O/c1-2-4-19-10(8(12)6-17-19)9(18-16)3-5-20-7-11(13,14)15/h6,9,18H,2-5,7,16H2,1H3. The first kappa shape index (κ1) is 17.2. The van der Waals surface area contributed by atoms with E-state index in [1.165, 1.54) is 6.20 Å². The highest BCUT2D eigenvalue weighted by molar-refractivity contribution is 6.31. The Labute approximate surface area is 120 Å². The van der Waals surface area contributed by atoms with E-state index < -0.39 is 18.8 Å². The van der Waals surface area contributed by atoms with E-state index in [2.05, 4.69) is 15.3 Å². The Bertz CT molecular complexity index is 411. The molecule has 0 aliphatic heterocycles. The van der Waals surface area contributed by atoms with E-state index in [0.29, 0.717) is 17.3 Å². The molecule has 9 heteroatoms.